The highest BCUT2D eigenvalue weighted by molar-refractivity contribution is 5.58. The third-order valence-corrected chi connectivity index (χ3v) is 4.92. The van der Waals surface area contributed by atoms with Crippen LogP contribution in [0.1, 0.15) is 36.5 Å². The van der Waals surface area contributed by atoms with Crippen LogP contribution in [-0.2, 0) is 12.8 Å². The Morgan fingerprint density at radius 2 is 1.93 bits per heavy atom. The molecule has 0 bridgehead atoms. The van der Waals surface area contributed by atoms with E-state index in [1.807, 2.05) is 26.0 Å². The van der Waals surface area contributed by atoms with Crippen LogP contribution in [0.3, 0.4) is 0 Å². The zero-order valence-corrected chi connectivity index (χ0v) is 16.2. The summed E-state index contributed by atoms with van der Waals surface area (Å²) in [7, 11) is 3.04. The highest BCUT2D eigenvalue weighted by Gasteiger charge is 2.28. The number of fused-ring (bicyclic) bond motifs is 1. The molecule has 1 heterocycles. The van der Waals surface area contributed by atoms with Crippen molar-refractivity contribution in [2.75, 3.05) is 20.8 Å². The maximum absolute atomic E-state index is 10.4. The fraction of sp³-hybridized carbons (Fsp3) is 0.364. The summed E-state index contributed by atoms with van der Waals surface area (Å²) in [5.74, 6) is 1.84. The van der Waals surface area contributed by atoms with Crippen LogP contribution in [-0.4, -0.2) is 31.0 Å². The van der Waals surface area contributed by atoms with Crippen LogP contribution in [0, 0.1) is 0 Å². The molecule has 0 saturated carbocycles. The largest absolute Gasteiger partial charge is 0.508 e. The van der Waals surface area contributed by atoms with Crippen LogP contribution in [0.25, 0.3) is 0 Å². The normalized spacial score (nSPS) is 15.5. The lowest BCUT2D eigenvalue weighted by Gasteiger charge is -2.29. The van der Waals surface area contributed by atoms with E-state index in [2.05, 4.69) is 6.08 Å². The summed E-state index contributed by atoms with van der Waals surface area (Å²) >= 11 is 0. The number of aromatic hydroxyl groups is 2. The van der Waals surface area contributed by atoms with Gasteiger partial charge in [-0.15, -0.1) is 0 Å². The van der Waals surface area contributed by atoms with Crippen molar-refractivity contribution >= 4 is 0 Å². The minimum Gasteiger partial charge on any atom is -0.508 e. The van der Waals surface area contributed by atoms with E-state index in [1.165, 1.54) is 19.8 Å². The van der Waals surface area contributed by atoms with Crippen molar-refractivity contribution in [1.29, 1.82) is 0 Å². The molecule has 0 saturated heterocycles. The van der Waals surface area contributed by atoms with Gasteiger partial charge in [0.2, 0.25) is 5.75 Å². The van der Waals surface area contributed by atoms with Gasteiger partial charge in [0, 0.05) is 17.0 Å². The number of hydrogen-bond acceptors (Lipinski definition) is 5. The third kappa shape index (κ3) is 3.68. The molecular weight excluding hydrogens is 344 g/mol. The second kappa shape index (κ2) is 7.82. The molecule has 0 aromatic heterocycles. The SMILES string of the molecule is COc1ccc([C@@H]2COc3c(ccc(O)c3CC=C(C)C)C2)c(OC)c1O. The molecule has 5 nitrogen and oxygen atoms in total. The average Bonchev–Trinajstić information content (AvgIpc) is 2.66. The third-order valence-electron chi connectivity index (χ3n) is 4.92. The molecule has 2 aromatic carbocycles. The van der Waals surface area contributed by atoms with Gasteiger partial charge in [-0.05, 0) is 44.4 Å². The summed E-state index contributed by atoms with van der Waals surface area (Å²) in [5, 5.41) is 20.6. The first-order chi connectivity index (χ1) is 13.0. The van der Waals surface area contributed by atoms with Gasteiger partial charge in [0.1, 0.15) is 11.5 Å². The molecule has 1 aliphatic rings. The van der Waals surface area contributed by atoms with E-state index in [4.69, 9.17) is 14.2 Å². The van der Waals surface area contributed by atoms with Gasteiger partial charge in [0.05, 0.1) is 20.8 Å². The molecule has 2 N–H and O–H groups in total. The summed E-state index contributed by atoms with van der Waals surface area (Å²) in [6.45, 7) is 4.51. The first-order valence-corrected chi connectivity index (χ1v) is 9.00. The number of allylic oxidation sites excluding steroid dienone is 2. The van der Waals surface area contributed by atoms with Gasteiger partial charge in [-0.3, -0.25) is 0 Å². The Labute approximate surface area is 159 Å². The molecule has 2 aromatic rings. The maximum atomic E-state index is 10.4. The number of hydrogen-bond donors (Lipinski definition) is 2. The van der Waals surface area contributed by atoms with Crippen molar-refractivity contribution in [2.45, 2.75) is 32.6 Å². The number of ether oxygens (including phenoxy) is 3. The van der Waals surface area contributed by atoms with Crippen molar-refractivity contribution in [3.8, 4) is 28.7 Å². The summed E-state index contributed by atoms with van der Waals surface area (Å²) in [4.78, 5) is 0. The lowest BCUT2D eigenvalue weighted by atomic mass is 9.88. The van der Waals surface area contributed by atoms with Gasteiger partial charge >= 0.3 is 0 Å². The quantitative estimate of drug-likeness (QED) is 0.766. The molecule has 3 rings (SSSR count). The van der Waals surface area contributed by atoms with Crippen molar-refractivity contribution < 1.29 is 24.4 Å². The molecule has 144 valence electrons. The molecule has 0 aliphatic carbocycles. The topological polar surface area (TPSA) is 68.2 Å². The van der Waals surface area contributed by atoms with Gasteiger partial charge in [0.15, 0.2) is 11.5 Å². The number of methoxy groups -OCH3 is 2. The zero-order chi connectivity index (χ0) is 19.6. The predicted octanol–water partition coefficient (Wildman–Crippen LogP) is 4.34. The number of phenols is 2. The van der Waals surface area contributed by atoms with Crippen LogP contribution in [0.5, 0.6) is 28.7 Å². The standard InChI is InChI=1S/C22H26O5/c1-13(2)5-7-17-18(23)9-6-14-11-15(12-27-21(14)17)16-8-10-19(25-3)20(24)22(16)26-4/h5-6,8-10,15,23-24H,7,11-12H2,1-4H3/t15-/m0/s1. The van der Waals surface area contributed by atoms with Crippen molar-refractivity contribution in [3.05, 3.63) is 52.6 Å². The molecule has 1 aliphatic heterocycles. The second-order valence-corrected chi connectivity index (χ2v) is 6.99. The lowest BCUT2D eigenvalue weighted by molar-refractivity contribution is 0.253. The van der Waals surface area contributed by atoms with Crippen LogP contribution in [0.2, 0.25) is 0 Å². The minimum atomic E-state index is -0.00162. The Kier molecular flexibility index (Phi) is 5.49. The van der Waals surface area contributed by atoms with Gasteiger partial charge in [-0.25, -0.2) is 0 Å². The highest BCUT2D eigenvalue weighted by atomic mass is 16.5. The molecule has 0 unspecified atom stereocenters. The zero-order valence-electron chi connectivity index (χ0n) is 16.2. The molecule has 1 atom stereocenters. The molecule has 27 heavy (non-hydrogen) atoms. The van der Waals surface area contributed by atoms with Gasteiger partial charge < -0.3 is 24.4 Å². The smallest absolute Gasteiger partial charge is 0.201 e. The van der Waals surface area contributed by atoms with E-state index in [0.29, 0.717) is 24.5 Å². The van der Waals surface area contributed by atoms with Crippen LogP contribution in [0.15, 0.2) is 35.9 Å². The molecule has 0 spiro atoms. The number of phenolic OH excluding ortho intramolecular Hbond substituents is 2. The Bertz CT molecular complexity index is 865. The summed E-state index contributed by atoms with van der Waals surface area (Å²) in [5.41, 5.74) is 3.93. The summed E-state index contributed by atoms with van der Waals surface area (Å²) in [6, 6.07) is 7.26. The van der Waals surface area contributed by atoms with Crippen molar-refractivity contribution in [2.24, 2.45) is 0 Å². The van der Waals surface area contributed by atoms with Crippen LogP contribution in [0.4, 0.5) is 0 Å². The van der Waals surface area contributed by atoms with Crippen molar-refractivity contribution in [3.63, 3.8) is 0 Å². The Morgan fingerprint density at radius 3 is 2.59 bits per heavy atom. The van der Waals surface area contributed by atoms with Gasteiger partial charge in [-0.1, -0.05) is 23.8 Å². The first-order valence-electron chi connectivity index (χ1n) is 9.00. The van der Waals surface area contributed by atoms with Gasteiger partial charge in [0.25, 0.3) is 0 Å². The Morgan fingerprint density at radius 1 is 1.15 bits per heavy atom. The Hall–Kier alpha value is -2.82. The highest BCUT2D eigenvalue weighted by Crippen LogP contribution is 2.45. The van der Waals surface area contributed by atoms with E-state index in [9.17, 15) is 10.2 Å². The number of benzene rings is 2. The number of rotatable bonds is 5. The van der Waals surface area contributed by atoms with E-state index >= 15 is 0 Å². The van der Waals surface area contributed by atoms with Crippen LogP contribution >= 0.6 is 0 Å². The van der Waals surface area contributed by atoms with Gasteiger partial charge in [-0.2, -0.15) is 0 Å². The van der Waals surface area contributed by atoms with E-state index in [1.54, 1.807) is 12.1 Å². The molecule has 0 fully saturated rings. The fourth-order valence-electron chi connectivity index (χ4n) is 3.49. The van der Waals surface area contributed by atoms with Crippen LogP contribution < -0.4 is 14.2 Å². The predicted molar refractivity (Wildman–Crippen MR) is 104 cm³/mol. The molecule has 0 radical (unpaired) electrons. The molecule has 0 amide bonds. The van der Waals surface area contributed by atoms with Crippen molar-refractivity contribution in [1.82, 2.24) is 0 Å². The maximum Gasteiger partial charge on any atom is 0.201 e. The van der Waals surface area contributed by atoms with E-state index in [0.717, 1.165) is 28.9 Å². The minimum absolute atomic E-state index is 0.00162. The summed E-state index contributed by atoms with van der Waals surface area (Å²) in [6.07, 6.45) is 3.45. The first kappa shape index (κ1) is 19.0. The second-order valence-electron chi connectivity index (χ2n) is 6.99. The average molecular weight is 370 g/mol. The van der Waals surface area contributed by atoms with E-state index in [-0.39, 0.29) is 17.4 Å². The summed E-state index contributed by atoms with van der Waals surface area (Å²) < 4.78 is 16.7. The molecule has 5 heteroatoms. The lowest BCUT2D eigenvalue weighted by Crippen LogP contribution is -2.21. The molecular formula is C22H26O5. The fourth-order valence-corrected chi connectivity index (χ4v) is 3.49. The monoisotopic (exact) mass is 370 g/mol. The van der Waals surface area contributed by atoms with E-state index < -0.39 is 0 Å². The Balaban J connectivity index is 1.95.